The molecule has 1 unspecified atom stereocenters. The van der Waals surface area contributed by atoms with E-state index in [2.05, 4.69) is 20.8 Å². The Bertz CT molecular complexity index is 1250. The number of anilines is 1. The predicted molar refractivity (Wildman–Crippen MR) is 125 cm³/mol. The first kappa shape index (κ1) is 23.2. The Morgan fingerprint density at radius 2 is 2.14 bits per heavy atom. The van der Waals surface area contributed by atoms with Crippen LogP contribution in [0.3, 0.4) is 0 Å². The Kier molecular flexibility index (Phi) is 5.51. The van der Waals surface area contributed by atoms with Crippen LogP contribution in [0.5, 0.6) is 0 Å². The van der Waals surface area contributed by atoms with Crippen LogP contribution < -0.4 is 10.6 Å². The number of halogens is 2. The Hall–Kier alpha value is -3.53. The minimum atomic E-state index is -2.67. The smallest absolute Gasteiger partial charge is 0.273 e. The molecule has 0 saturated heterocycles. The van der Waals surface area contributed by atoms with E-state index in [1.807, 2.05) is 36.2 Å². The number of aliphatic hydroxyl groups is 1. The van der Waals surface area contributed by atoms with Gasteiger partial charge in [-0.25, -0.2) is 8.78 Å². The summed E-state index contributed by atoms with van der Waals surface area (Å²) in [7, 11) is 0. The zero-order valence-electron chi connectivity index (χ0n) is 19.7. The SMILES string of the molecule is Cc1ccc(-c2noc(C3CC(F)(F)C3)n2)cc1NC(=O)C1=CNC2C=CC(CC(C)(C)O)=CN12. The molecule has 5 rings (SSSR count). The molecule has 3 N–H and O–H groups in total. The number of allylic oxidation sites excluding steroid dienone is 1. The van der Waals surface area contributed by atoms with Gasteiger partial charge >= 0.3 is 0 Å². The van der Waals surface area contributed by atoms with E-state index < -0.39 is 17.4 Å². The lowest BCUT2D eigenvalue weighted by atomic mass is 9.81. The summed E-state index contributed by atoms with van der Waals surface area (Å²) in [5.74, 6) is -2.92. The summed E-state index contributed by atoms with van der Waals surface area (Å²) in [4.78, 5) is 19.3. The fourth-order valence-corrected chi connectivity index (χ4v) is 4.43. The molecule has 0 bridgehead atoms. The molecule has 2 aliphatic heterocycles. The molecule has 0 spiro atoms. The maximum absolute atomic E-state index is 13.2. The van der Waals surface area contributed by atoms with E-state index in [-0.39, 0.29) is 36.6 Å². The minimum Gasteiger partial charge on any atom is -0.390 e. The molecule has 8 nitrogen and oxygen atoms in total. The standard InChI is InChI=1S/C25H27F2N5O3/c1-14-4-6-16(21-30-23(35-31-21)17-10-25(26,27)11-17)8-18(14)29-22(33)19-12-28-20-7-5-15(13-32(19)20)9-24(2,3)34/h4-8,12-13,17,20,28,34H,9-11H2,1-3H3,(H,29,33). The molecular weight excluding hydrogens is 456 g/mol. The van der Waals surface area contributed by atoms with Gasteiger partial charge < -0.3 is 25.2 Å². The van der Waals surface area contributed by atoms with Crippen LogP contribution in [0.2, 0.25) is 0 Å². The third kappa shape index (κ3) is 4.84. The van der Waals surface area contributed by atoms with Crippen molar-refractivity contribution >= 4 is 11.6 Å². The largest absolute Gasteiger partial charge is 0.390 e. The second-order valence-electron chi connectivity index (χ2n) is 10.0. The summed E-state index contributed by atoms with van der Waals surface area (Å²) in [5, 5.41) is 20.2. The summed E-state index contributed by atoms with van der Waals surface area (Å²) in [5.41, 5.74) is 2.50. The molecule has 1 fully saturated rings. The van der Waals surface area contributed by atoms with E-state index >= 15 is 0 Å². The van der Waals surface area contributed by atoms with Gasteiger partial charge in [-0.2, -0.15) is 4.98 Å². The number of hydrogen-bond acceptors (Lipinski definition) is 7. The van der Waals surface area contributed by atoms with Gasteiger partial charge in [-0.05, 0) is 44.1 Å². The molecule has 3 aliphatic rings. The first-order valence-corrected chi connectivity index (χ1v) is 11.5. The highest BCUT2D eigenvalue weighted by Gasteiger charge is 2.48. The van der Waals surface area contributed by atoms with E-state index in [0.29, 0.717) is 23.4 Å². The van der Waals surface area contributed by atoms with Crippen molar-refractivity contribution in [3.8, 4) is 11.4 Å². The van der Waals surface area contributed by atoms with Gasteiger partial charge in [0.15, 0.2) is 0 Å². The quantitative estimate of drug-likeness (QED) is 0.566. The zero-order chi connectivity index (χ0) is 25.0. The van der Waals surface area contributed by atoms with Crippen LogP contribution in [0, 0.1) is 6.92 Å². The highest BCUT2D eigenvalue weighted by Crippen LogP contribution is 2.48. The molecule has 2 aromatic rings. The molecule has 1 amide bonds. The lowest BCUT2D eigenvalue weighted by Crippen LogP contribution is -2.36. The first-order valence-electron chi connectivity index (χ1n) is 11.5. The maximum Gasteiger partial charge on any atom is 0.273 e. The van der Waals surface area contributed by atoms with Gasteiger partial charge in [-0.15, -0.1) is 0 Å². The molecule has 1 saturated carbocycles. The topological polar surface area (TPSA) is 104 Å². The number of aromatic nitrogens is 2. The van der Waals surface area contributed by atoms with Crippen LogP contribution in [0.4, 0.5) is 14.5 Å². The van der Waals surface area contributed by atoms with Crippen molar-refractivity contribution in [2.75, 3.05) is 5.32 Å². The number of benzene rings is 1. The molecule has 10 heteroatoms. The molecule has 0 radical (unpaired) electrons. The monoisotopic (exact) mass is 483 g/mol. The fraction of sp³-hybridized carbons (Fsp3) is 0.400. The van der Waals surface area contributed by atoms with Crippen LogP contribution in [-0.4, -0.2) is 43.7 Å². The van der Waals surface area contributed by atoms with E-state index in [1.165, 1.54) is 0 Å². The van der Waals surface area contributed by atoms with Gasteiger partial charge in [0.1, 0.15) is 11.9 Å². The van der Waals surface area contributed by atoms with Crippen LogP contribution in [0.1, 0.15) is 50.5 Å². The van der Waals surface area contributed by atoms with Crippen LogP contribution >= 0.6 is 0 Å². The third-order valence-corrected chi connectivity index (χ3v) is 6.26. The second kappa shape index (κ2) is 8.30. The Morgan fingerprint density at radius 3 is 2.86 bits per heavy atom. The molecular formula is C25H27F2N5O3. The van der Waals surface area contributed by atoms with Crippen LogP contribution in [-0.2, 0) is 4.79 Å². The second-order valence-corrected chi connectivity index (χ2v) is 10.0. The van der Waals surface area contributed by atoms with Gasteiger partial charge in [0.2, 0.25) is 17.6 Å². The number of carbonyl (C=O) groups excluding carboxylic acids is 1. The van der Waals surface area contributed by atoms with Crippen molar-refractivity contribution in [3.63, 3.8) is 0 Å². The Labute approximate surface area is 201 Å². The van der Waals surface area contributed by atoms with Crippen LogP contribution in [0.15, 0.2) is 58.5 Å². The van der Waals surface area contributed by atoms with Crippen molar-refractivity contribution in [2.24, 2.45) is 0 Å². The number of amides is 1. The van der Waals surface area contributed by atoms with Gasteiger partial charge in [-0.3, -0.25) is 4.79 Å². The summed E-state index contributed by atoms with van der Waals surface area (Å²) in [6.45, 7) is 5.35. The number of carbonyl (C=O) groups is 1. The van der Waals surface area contributed by atoms with Crippen molar-refractivity contribution in [1.82, 2.24) is 20.4 Å². The Morgan fingerprint density at radius 1 is 1.37 bits per heavy atom. The van der Waals surface area contributed by atoms with Gasteiger partial charge in [0.25, 0.3) is 5.91 Å². The number of hydrogen-bond donors (Lipinski definition) is 3. The van der Waals surface area contributed by atoms with Crippen molar-refractivity contribution < 1.29 is 23.2 Å². The molecule has 1 atom stereocenters. The lowest BCUT2D eigenvalue weighted by Gasteiger charge is -2.31. The van der Waals surface area contributed by atoms with Gasteiger partial charge in [0.05, 0.1) is 5.60 Å². The zero-order valence-corrected chi connectivity index (χ0v) is 19.7. The molecule has 184 valence electrons. The minimum absolute atomic E-state index is 0.176. The molecule has 1 aromatic heterocycles. The number of aryl methyl sites for hydroxylation is 1. The fourth-order valence-electron chi connectivity index (χ4n) is 4.43. The lowest BCUT2D eigenvalue weighted by molar-refractivity contribution is -0.114. The van der Waals surface area contributed by atoms with E-state index in [4.69, 9.17) is 4.52 Å². The highest BCUT2D eigenvalue weighted by atomic mass is 19.3. The van der Waals surface area contributed by atoms with E-state index in [1.54, 1.807) is 32.2 Å². The van der Waals surface area contributed by atoms with E-state index in [0.717, 1.165) is 11.1 Å². The van der Waals surface area contributed by atoms with Gasteiger partial charge in [-0.1, -0.05) is 23.4 Å². The first-order chi connectivity index (χ1) is 16.5. The highest BCUT2D eigenvalue weighted by molar-refractivity contribution is 6.04. The number of fused-ring (bicyclic) bond motifs is 1. The maximum atomic E-state index is 13.2. The molecule has 35 heavy (non-hydrogen) atoms. The average molecular weight is 484 g/mol. The molecule has 1 aromatic carbocycles. The van der Waals surface area contributed by atoms with Crippen LogP contribution in [0.25, 0.3) is 11.4 Å². The Balaban J connectivity index is 1.31. The molecule has 3 heterocycles. The van der Waals surface area contributed by atoms with Gasteiger partial charge in [0, 0.05) is 48.8 Å². The summed E-state index contributed by atoms with van der Waals surface area (Å²) < 4.78 is 31.6. The van der Waals surface area contributed by atoms with Crippen molar-refractivity contribution in [1.29, 1.82) is 0 Å². The average Bonchev–Trinajstić information content (AvgIpc) is 3.39. The number of nitrogens with zero attached hydrogens (tertiary/aromatic N) is 3. The summed E-state index contributed by atoms with van der Waals surface area (Å²) >= 11 is 0. The van der Waals surface area contributed by atoms with E-state index in [9.17, 15) is 18.7 Å². The number of alkyl halides is 2. The third-order valence-electron chi connectivity index (χ3n) is 6.26. The summed E-state index contributed by atoms with van der Waals surface area (Å²) in [6, 6.07) is 5.36. The van der Waals surface area contributed by atoms with Crippen molar-refractivity contribution in [2.45, 2.75) is 63.6 Å². The number of rotatable bonds is 6. The normalized spacial score (nSPS) is 21.1. The molecule has 1 aliphatic carbocycles. The predicted octanol–water partition coefficient (Wildman–Crippen LogP) is 4.18. The van der Waals surface area contributed by atoms with Crippen molar-refractivity contribution in [3.05, 3.63) is 65.5 Å². The number of nitrogens with one attached hydrogen (secondary N) is 2. The summed E-state index contributed by atoms with van der Waals surface area (Å²) in [6.07, 6.45) is 7.11.